The molecule has 0 saturated heterocycles. The molecule has 15 rings (SSSR count). The number of hydrogen-bond acceptors (Lipinski definition) is 4. The summed E-state index contributed by atoms with van der Waals surface area (Å²) in [5.74, 6) is 0. The second-order valence-electron chi connectivity index (χ2n) is 28.1. The summed E-state index contributed by atoms with van der Waals surface area (Å²) in [5, 5.41) is 6.61. The van der Waals surface area contributed by atoms with E-state index in [0.717, 1.165) is 94.0 Å². The predicted molar refractivity (Wildman–Crippen MR) is 376 cm³/mol. The Morgan fingerprint density at radius 3 is 1.61 bits per heavy atom. The molecule has 5 nitrogen and oxygen atoms in total. The fourth-order valence-electron chi connectivity index (χ4n) is 14.8. The molecule has 0 N–H and O–H groups in total. The molecule has 0 spiro atoms. The smallest absolute Gasteiger partial charge is 0.252 e. The van der Waals surface area contributed by atoms with Crippen LogP contribution in [0.4, 0.5) is 34.1 Å². The zero-order valence-corrected chi connectivity index (χ0v) is 53.0. The highest BCUT2D eigenvalue weighted by Gasteiger charge is 2.46. The van der Waals surface area contributed by atoms with E-state index in [9.17, 15) is 0 Å². The maximum atomic E-state index is 6.71. The first-order chi connectivity index (χ1) is 42.1. The van der Waals surface area contributed by atoms with Crippen LogP contribution in [0.3, 0.4) is 0 Å². The molecule has 88 heavy (non-hydrogen) atoms. The lowest BCUT2D eigenvalue weighted by Gasteiger charge is -2.46. The molecule has 432 valence electrons. The SMILES string of the molecule is C=C/C(c1cc(C)c(N2c3cc4c(cc3B3c5ccc(C(C)(C)C)cc5N(c5c(C)cc(-c6cccc7c6oc6ccccc67)cc5C)c5cc(C(C)(C)C)cc2c53)c2cc(C(C)(C)C)ccc2n4-c2ccccc2)c(C)c1)=c1/oc2ccccc2c1=C. The molecule has 10 aromatic carbocycles. The number of para-hydroxylation sites is 4. The van der Waals surface area contributed by atoms with Crippen LogP contribution >= 0.6 is 0 Å². The van der Waals surface area contributed by atoms with Crippen molar-refractivity contribution in [3.63, 3.8) is 0 Å². The van der Waals surface area contributed by atoms with Gasteiger partial charge in [-0.2, -0.15) is 0 Å². The van der Waals surface area contributed by atoms with Gasteiger partial charge in [-0.1, -0.05) is 179 Å². The summed E-state index contributed by atoms with van der Waals surface area (Å²) in [5.41, 5.74) is 30.1. The fourth-order valence-corrected chi connectivity index (χ4v) is 14.8. The Morgan fingerprint density at radius 2 is 0.989 bits per heavy atom. The minimum Gasteiger partial charge on any atom is -0.455 e. The first-order valence-electron chi connectivity index (χ1n) is 31.1. The topological polar surface area (TPSA) is 37.7 Å². The van der Waals surface area contributed by atoms with Gasteiger partial charge in [0, 0.05) is 71.7 Å². The summed E-state index contributed by atoms with van der Waals surface area (Å²) in [6.07, 6.45) is 1.93. The van der Waals surface area contributed by atoms with Gasteiger partial charge in [0.05, 0.1) is 22.4 Å². The largest absolute Gasteiger partial charge is 0.455 e. The number of nitrogens with zero attached hydrogens (tertiary/aromatic N) is 3. The van der Waals surface area contributed by atoms with Gasteiger partial charge in [0.2, 0.25) is 0 Å². The molecule has 0 bridgehead atoms. The Hall–Kier alpha value is -9.52. The summed E-state index contributed by atoms with van der Waals surface area (Å²) in [7, 11) is 0. The molecule has 0 fully saturated rings. The number of fused-ring (bicyclic) bond motifs is 11. The van der Waals surface area contributed by atoms with Gasteiger partial charge in [-0.3, -0.25) is 0 Å². The molecule has 0 atom stereocenters. The molecule has 2 aliphatic heterocycles. The molecule has 0 unspecified atom stereocenters. The van der Waals surface area contributed by atoms with E-state index in [1.165, 1.54) is 88.8 Å². The van der Waals surface area contributed by atoms with Crippen LogP contribution in [0.15, 0.2) is 203 Å². The van der Waals surface area contributed by atoms with Crippen LogP contribution in [-0.4, -0.2) is 11.3 Å². The molecule has 0 saturated carbocycles. The molecule has 0 radical (unpaired) electrons. The monoisotopic (exact) mass is 1140 g/mol. The summed E-state index contributed by atoms with van der Waals surface area (Å²) in [4.78, 5) is 5.30. The van der Waals surface area contributed by atoms with Crippen molar-refractivity contribution in [3.05, 3.63) is 250 Å². The molecular formula is C82H74BN3O2. The Kier molecular flexibility index (Phi) is 12.2. The van der Waals surface area contributed by atoms with Crippen molar-refractivity contribution in [2.24, 2.45) is 0 Å². The molecule has 0 aliphatic carbocycles. The molecule has 2 aliphatic rings. The third-order valence-electron chi connectivity index (χ3n) is 19.2. The van der Waals surface area contributed by atoms with Crippen LogP contribution in [0.1, 0.15) is 107 Å². The Labute approximate surface area is 517 Å². The van der Waals surface area contributed by atoms with Gasteiger partial charge >= 0.3 is 0 Å². The second-order valence-corrected chi connectivity index (χ2v) is 28.1. The normalized spacial score (nSPS) is 13.7. The summed E-state index contributed by atoms with van der Waals surface area (Å²) < 4.78 is 15.8. The highest BCUT2D eigenvalue weighted by Crippen LogP contribution is 2.51. The standard InChI is InChI=1S/C82H74BN3O2/c1-16-58(78-51(6)59-27-20-22-31-73(59)87-78)52-37-47(2)77(48(3)38-52)86-70-46-68-64(63-41-54(80(7,8)9)34-36-67(63)84(68)57-25-18-17-19-26-57)45-66(70)83-65-35-33-55(81(10,11)12)42-69(65)85(71-43-56(82(13,14)15)44-72(86)75(71)83)76-49(4)39-53(40-50(76)5)60-29-24-30-62-61-28-21-23-32-74(61)88-79(60)62/h16-46H,1,6H2,2-5,7-15H3/b78-58-. The lowest BCUT2D eigenvalue weighted by Crippen LogP contribution is -2.61. The van der Waals surface area contributed by atoms with E-state index in [2.05, 4.69) is 281 Å². The quantitative estimate of drug-likeness (QED) is 0.156. The molecule has 3 aromatic heterocycles. The Balaban J connectivity index is 1.06. The average Bonchev–Trinajstić information content (AvgIpc) is 0.921. The zero-order chi connectivity index (χ0) is 61.2. The van der Waals surface area contributed by atoms with Crippen molar-refractivity contribution in [1.82, 2.24) is 4.57 Å². The number of anilines is 6. The van der Waals surface area contributed by atoms with E-state index in [0.29, 0.717) is 0 Å². The predicted octanol–water partition coefficient (Wildman–Crippen LogP) is 19.1. The fraction of sp³-hybridized carbons (Fsp3) is 0.195. The molecule has 5 heterocycles. The van der Waals surface area contributed by atoms with Crippen LogP contribution in [0.25, 0.3) is 83.7 Å². The second kappa shape index (κ2) is 19.5. The van der Waals surface area contributed by atoms with Crippen molar-refractivity contribution in [1.29, 1.82) is 0 Å². The minimum absolute atomic E-state index is 0.0611. The van der Waals surface area contributed by atoms with Gasteiger partial charge < -0.3 is 23.2 Å². The lowest BCUT2D eigenvalue weighted by atomic mass is 9.33. The van der Waals surface area contributed by atoms with E-state index in [1.54, 1.807) is 0 Å². The van der Waals surface area contributed by atoms with Crippen molar-refractivity contribution in [2.75, 3.05) is 9.80 Å². The number of aromatic nitrogens is 1. The highest BCUT2D eigenvalue weighted by molar-refractivity contribution is 7.00. The highest BCUT2D eigenvalue weighted by atomic mass is 16.3. The van der Waals surface area contributed by atoms with Crippen LogP contribution in [0.5, 0.6) is 0 Å². The van der Waals surface area contributed by atoms with Crippen molar-refractivity contribution < 1.29 is 8.83 Å². The van der Waals surface area contributed by atoms with Crippen LogP contribution < -0.4 is 36.8 Å². The lowest BCUT2D eigenvalue weighted by molar-refractivity contribution is 0.573. The van der Waals surface area contributed by atoms with Crippen LogP contribution in [0, 0.1) is 27.7 Å². The van der Waals surface area contributed by atoms with Gasteiger partial charge in [0.15, 0.2) is 0 Å². The number of hydrogen-bond donors (Lipinski definition) is 0. The Bertz CT molecular complexity index is 5210. The number of rotatable bonds is 6. The van der Waals surface area contributed by atoms with E-state index in [1.807, 2.05) is 24.3 Å². The van der Waals surface area contributed by atoms with Crippen molar-refractivity contribution in [3.8, 4) is 16.8 Å². The third kappa shape index (κ3) is 8.35. The summed E-state index contributed by atoms with van der Waals surface area (Å²) in [6, 6.07) is 68.2. The maximum absolute atomic E-state index is 6.71. The average molecular weight is 1140 g/mol. The number of benzene rings is 10. The van der Waals surface area contributed by atoms with E-state index < -0.39 is 0 Å². The van der Waals surface area contributed by atoms with Gasteiger partial charge in [-0.05, 0) is 195 Å². The maximum Gasteiger partial charge on any atom is 0.252 e. The van der Waals surface area contributed by atoms with Crippen molar-refractivity contribution in [2.45, 2.75) is 106 Å². The molecule has 13 aromatic rings. The number of furan rings is 2. The van der Waals surface area contributed by atoms with Crippen LogP contribution in [-0.2, 0) is 16.2 Å². The molecule has 0 amide bonds. The van der Waals surface area contributed by atoms with E-state index in [4.69, 9.17) is 8.83 Å². The third-order valence-corrected chi connectivity index (χ3v) is 19.2. The van der Waals surface area contributed by atoms with Gasteiger partial charge in [-0.25, -0.2) is 0 Å². The van der Waals surface area contributed by atoms with E-state index in [-0.39, 0.29) is 23.0 Å². The minimum atomic E-state index is -0.236. The van der Waals surface area contributed by atoms with Crippen LogP contribution in [0.2, 0.25) is 0 Å². The number of aryl methyl sites for hydroxylation is 4. The Morgan fingerprint density at radius 1 is 0.455 bits per heavy atom. The van der Waals surface area contributed by atoms with Gasteiger partial charge in [0.25, 0.3) is 6.71 Å². The molecular weight excluding hydrogens is 1070 g/mol. The molecule has 6 heteroatoms. The summed E-state index contributed by atoms with van der Waals surface area (Å²) >= 11 is 0. The number of allylic oxidation sites excluding steroid dienone is 1. The first kappa shape index (κ1) is 55.1. The van der Waals surface area contributed by atoms with Gasteiger partial charge in [0.1, 0.15) is 22.2 Å². The first-order valence-corrected chi connectivity index (χ1v) is 31.1. The van der Waals surface area contributed by atoms with E-state index >= 15 is 0 Å². The van der Waals surface area contributed by atoms with Gasteiger partial charge in [-0.15, -0.1) is 0 Å². The zero-order valence-electron chi connectivity index (χ0n) is 53.0. The summed E-state index contributed by atoms with van der Waals surface area (Å²) in [6.45, 7) is 39.1. The van der Waals surface area contributed by atoms with Crippen molar-refractivity contribution >= 4 is 124 Å².